The lowest BCUT2D eigenvalue weighted by Crippen LogP contribution is -2.32. The third-order valence-electron chi connectivity index (χ3n) is 4.59. The highest BCUT2D eigenvalue weighted by atomic mass is 16.5. The molecule has 5 N–H and O–H groups in total. The largest absolute Gasteiger partial charge is 0.481 e. The Balaban J connectivity index is -0.000000500. The number of hydrogen-bond donors (Lipinski definition) is 5. The van der Waals surface area contributed by atoms with Gasteiger partial charge in [-0.1, -0.05) is 71.6 Å². The predicted molar refractivity (Wildman–Crippen MR) is 132 cm³/mol. The Hall–Kier alpha value is -1.55. The van der Waals surface area contributed by atoms with Crippen LogP contribution in [0.4, 0.5) is 0 Å². The number of rotatable bonds is 19. The molecule has 0 aliphatic carbocycles. The molecule has 9 nitrogen and oxygen atoms in total. The van der Waals surface area contributed by atoms with Crippen LogP contribution in [0.3, 0.4) is 0 Å². The van der Waals surface area contributed by atoms with Crippen molar-refractivity contribution in [2.24, 2.45) is 0 Å². The fraction of sp³-hybridized carbons (Fsp3) is 0.875. The number of aliphatic hydroxyl groups excluding tert-OH is 3. The van der Waals surface area contributed by atoms with Crippen molar-refractivity contribution in [3.05, 3.63) is 0 Å². The first-order valence-electron chi connectivity index (χ1n) is 12.3. The monoisotopic (exact) mass is 478 g/mol. The number of esters is 1. The molecule has 0 heterocycles. The van der Waals surface area contributed by atoms with Crippen molar-refractivity contribution in [3.63, 3.8) is 0 Å². The zero-order valence-electron chi connectivity index (χ0n) is 21.2. The zero-order valence-corrected chi connectivity index (χ0v) is 21.2. The van der Waals surface area contributed by atoms with E-state index in [1.54, 1.807) is 11.8 Å². The van der Waals surface area contributed by atoms with Crippen molar-refractivity contribution in [1.29, 1.82) is 5.41 Å². The molecule has 0 bridgehead atoms. The van der Waals surface area contributed by atoms with E-state index in [0.717, 1.165) is 12.8 Å². The SMILES string of the molecule is CCC(=O)O.CCCCCCCCCCCCOC(=O)C(C)=N.OCCN(CCO)CCO. The van der Waals surface area contributed by atoms with E-state index >= 15 is 0 Å². The minimum atomic E-state index is -0.745. The summed E-state index contributed by atoms with van der Waals surface area (Å²) in [7, 11) is 0. The Labute approximate surface area is 200 Å². The van der Waals surface area contributed by atoms with Gasteiger partial charge in [-0.2, -0.15) is 0 Å². The van der Waals surface area contributed by atoms with Crippen molar-refractivity contribution < 1.29 is 34.8 Å². The summed E-state index contributed by atoms with van der Waals surface area (Å²) in [5, 5.41) is 40.2. The molecular formula is C24H50N2O7. The summed E-state index contributed by atoms with van der Waals surface area (Å²) < 4.78 is 4.91. The summed E-state index contributed by atoms with van der Waals surface area (Å²) in [5.74, 6) is -1.23. The van der Waals surface area contributed by atoms with Crippen molar-refractivity contribution in [2.45, 2.75) is 91.4 Å². The average molecular weight is 479 g/mol. The van der Waals surface area contributed by atoms with Crippen molar-refractivity contribution >= 4 is 17.7 Å². The van der Waals surface area contributed by atoms with Gasteiger partial charge in [-0.15, -0.1) is 0 Å². The molecule has 0 saturated heterocycles. The maximum Gasteiger partial charge on any atom is 0.351 e. The summed E-state index contributed by atoms with van der Waals surface area (Å²) in [4.78, 5) is 22.1. The van der Waals surface area contributed by atoms with Crippen molar-refractivity contribution in [3.8, 4) is 0 Å². The Morgan fingerprint density at radius 1 is 0.758 bits per heavy atom. The minimum absolute atomic E-state index is 0.0120. The third kappa shape index (κ3) is 35.2. The molecule has 0 saturated carbocycles. The molecule has 0 aromatic rings. The van der Waals surface area contributed by atoms with Gasteiger partial charge in [-0.3, -0.25) is 15.1 Å². The van der Waals surface area contributed by atoms with Gasteiger partial charge in [0.05, 0.1) is 26.4 Å². The fourth-order valence-electron chi connectivity index (χ4n) is 2.62. The van der Waals surface area contributed by atoms with Crippen LogP contribution in [0, 0.1) is 5.41 Å². The molecule has 0 aromatic carbocycles. The van der Waals surface area contributed by atoms with E-state index < -0.39 is 11.9 Å². The van der Waals surface area contributed by atoms with E-state index in [1.165, 1.54) is 58.3 Å². The highest BCUT2D eigenvalue weighted by Crippen LogP contribution is 2.10. The van der Waals surface area contributed by atoms with Crippen LogP contribution in [0.1, 0.15) is 91.4 Å². The number of nitrogens with one attached hydrogen (secondary N) is 1. The Bertz CT molecular complexity index is 434. The fourth-order valence-corrected chi connectivity index (χ4v) is 2.62. The van der Waals surface area contributed by atoms with Gasteiger partial charge in [0.2, 0.25) is 0 Å². The lowest BCUT2D eigenvalue weighted by Gasteiger charge is -2.17. The molecule has 0 amide bonds. The van der Waals surface area contributed by atoms with Gasteiger partial charge >= 0.3 is 11.9 Å². The first-order chi connectivity index (χ1) is 15.8. The molecule has 0 spiro atoms. The minimum Gasteiger partial charge on any atom is -0.481 e. The van der Waals surface area contributed by atoms with Gasteiger partial charge in [0, 0.05) is 26.1 Å². The zero-order chi connectivity index (χ0) is 25.7. The van der Waals surface area contributed by atoms with E-state index in [-0.39, 0.29) is 32.0 Å². The van der Waals surface area contributed by atoms with Crippen LogP contribution in [0.2, 0.25) is 0 Å². The maximum atomic E-state index is 11.0. The normalized spacial score (nSPS) is 10.0. The molecule has 0 fully saturated rings. The van der Waals surface area contributed by atoms with Crippen LogP contribution in [-0.2, 0) is 14.3 Å². The maximum absolute atomic E-state index is 11.0. The van der Waals surface area contributed by atoms with Crippen LogP contribution in [-0.4, -0.2) is 89.0 Å². The Morgan fingerprint density at radius 3 is 1.42 bits per heavy atom. The number of hydrogen-bond acceptors (Lipinski definition) is 8. The quantitative estimate of drug-likeness (QED) is 0.108. The van der Waals surface area contributed by atoms with Crippen molar-refractivity contribution in [2.75, 3.05) is 46.1 Å². The second-order valence-corrected chi connectivity index (χ2v) is 7.70. The smallest absolute Gasteiger partial charge is 0.351 e. The van der Waals surface area contributed by atoms with Crippen LogP contribution < -0.4 is 0 Å². The average Bonchev–Trinajstić information content (AvgIpc) is 2.78. The van der Waals surface area contributed by atoms with Gasteiger partial charge < -0.3 is 25.2 Å². The number of carbonyl (C=O) groups is 2. The molecule has 0 rings (SSSR count). The first-order valence-corrected chi connectivity index (χ1v) is 12.3. The molecule has 0 unspecified atom stereocenters. The molecule has 9 heteroatoms. The van der Waals surface area contributed by atoms with Crippen LogP contribution in [0.15, 0.2) is 0 Å². The lowest BCUT2D eigenvalue weighted by atomic mass is 10.1. The van der Waals surface area contributed by atoms with Crippen molar-refractivity contribution in [1.82, 2.24) is 4.90 Å². The lowest BCUT2D eigenvalue weighted by molar-refractivity contribution is -0.137. The number of aliphatic hydroxyl groups is 3. The van der Waals surface area contributed by atoms with Crippen LogP contribution in [0.5, 0.6) is 0 Å². The summed E-state index contributed by atoms with van der Waals surface area (Å²) in [6.45, 7) is 7.52. The molecule has 0 aliphatic rings. The Kier molecular flexibility index (Phi) is 33.2. The number of aliphatic carboxylic acids is 1. The Morgan fingerprint density at radius 2 is 1.12 bits per heavy atom. The molecular weight excluding hydrogens is 428 g/mol. The van der Waals surface area contributed by atoms with E-state index in [4.69, 9.17) is 30.6 Å². The second kappa shape index (κ2) is 30.4. The van der Waals surface area contributed by atoms with E-state index in [2.05, 4.69) is 6.92 Å². The standard InChI is InChI=1S/C15H29NO2.C6H15NO3.C3H6O2/c1-3-4-5-6-7-8-9-10-11-12-13-18-15(17)14(2)16;8-4-1-7(2-5-9)3-6-10;1-2-3(4)5/h16H,3-13H2,1-2H3;8-10H,1-6H2;2H2,1H3,(H,4,5). The third-order valence-corrected chi connectivity index (χ3v) is 4.59. The van der Waals surface area contributed by atoms with Crippen LogP contribution in [0.25, 0.3) is 0 Å². The number of unbranched alkanes of at least 4 members (excludes halogenated alkanes) is 9. The van der Waals surface area contributed by atoms with Gasteiger partial charge in [0.1, 0.15) is 5.71 Å². The first kappa shape index (κ1) is 36.0. The number of carboxylic acids is 1. The highest BCUT2D eigenvalue weighted by Gasteiger charge is 2.03. The van der Waals surface area contributed by atoms with E-state index in [1.807, 2.05) is 0 Å². The van der Waals surface area contributed by atoms with Crippen LogP contribution >= 0.6 is 0 Å². The van der Waals surface area contributed by atoms with Gasteiger partial charge in [-0.05, 0) is 13.3 Å². The predicted octanol–water partition coefficient (Wildman–Crippen LogP) is 3.24. The number of nitrogens with zero attached hydrogens (tertiary/aromatic N) is 1. The van der Waals surface area contributed by atoms with E-state index in [9.17, 15) is 9.59 Å². The van der Waals surface area contributed by atoms with E-state index in [0.29, 0.717) is 26.2 Å². The topological polar surface area (TPSA) is 151 Å². The molecule has 0 radical (unpaired) electrons. The number of ether oxygens (including phenoxy) is 1. The second-order valence-electron chi connectivity index (χ2n) is 7.70. The molecule has 198 valence electrons. The summed E-state index contributed by atoms with van der Waals surface area (Å²) in [6, 6.07) is 0. The highest BCUT2D eigenvalue weighted by molar-refractivity contribution is 6.33. The van der Waals surface area contributed by atoms with Gasteiger partial charge in [0.15, 0.2) is 0 Å². The number of carboxylic acid groups (broad SMARTS) is 1. The number of carbonyl (C=O) groups excluding carboxylic acids is 1. The molecule has 0 atom stereocenters. The molecule has 0 aromatic heterocycles. The molecule has 33 heavy (non-hydrogen) atoms. The van der Waals surface area contributed by atoms with Gasteiger partial charge in [-0.25, -0.2) is 4.79 Å². The summed E-state index contributed by atoms with van der Waals surface area (Å²) in [5.41, 5.74) is -0.0120. The van der Waals surface area contributed by atoms with Gasteiger partial charge in [0.25, 0.3) is 0 Å². The summed E-state index contributed by atoms with van der Waals surface area (Å²) >= 11 is 0. The summed E-state index contributed by atoms with van der Waals surface area (Å²) in [6.07, 6.45) is 12.9. The molecule has 0 aliphatic heterocycles.